The van der Waals surface area contributed by atoms with Crippen LogP contribution in [0.3, 0.4) is 0 Å². The van der Waals surface area contributed by atoms with E-state index < -0.39 is 0 Å². The Bertz CT molecular complexity index is 410. The van der Waals surface area contributed by atoms with Gasteiger partial charge in [0.2, 0.25) is 0 Å². The molecule has 0 spiro atoms. The Hall–Kier alpha value is -1.22. The highest BCUT2D eigenvalue weighted by Crippen LogP contribution is 2.34. The van der Waals surface area contributed by atoms with Crippen LogP contribution < -0.4 is 15.8 Å². The maximum atomic E-state index is 6.03. The van der Waals surface area contributed by atoms with Crippen molar-refractivity contribution in [1.29, 1.82) is 0 Å². The van der Waals surface area contributed by atoms with Crippen LogP contribution in [-0.4, -0.2) is 19.2 Å². The number of piperidine rings is 1. The van der Waals surface area contributed by atoms with Gasteiger partial charge in [0, 0.05) is 0 Å². The molecular weight excluding hydrogens is 248 g/mol. The first-order chi connectivity index (χ1) is 9.58. The van der Waals surface area contributed by atoms with E-state index in [4.69, 9.17) is 10.5 Å². The topological polar surface area (TPSA) is 47.3 Å². The molecule has 0 unspecified atom stereocenters. The van der Waals surface area contributed by atoms with E-state index in [9.17, 15) is 0 Å². The molecule has 0 radical (unpaired) electrons. The number of benzene rings is 1. The highest BCUT2D eigenvalue weighted by Gasteiger charge is 2.19. The predicted octanol–water partition coefficient (Wildman–Crippen LogP) is 3.86. The molecule has 20 heavy (non-hydrogen) atoms. The van der Waals surface area contributed by atoms with E-state index in [-0.39, 0.29) is 6.10 Å². The second-order valence-corrected chi connectivity index (χ2v) is 5.44. The van der Waals surface area contributed by atoms with Gasteiger partial charge in [0.25, 0.3) is 0 Å². The Morgan fingerprint density at radius 1 is 1.20 bits per heavy atom. The van der Waals surface area contributed by atoms with Crippen LogP contribution in [-0.2, 0) is 0 Å². The zero-order valence-corrected chi connectivity index (χ0v) is 13.6. The number of nitrogen functional groups attached to an aromatic ring is 1. The van der Waals surface area contributed by atoms with Gasteiger partial charge >= 0.3 is 0 Å². The molecule has 1 aliphatic rings. The zero-order valence-electron chi connectivity index (χ0n) is 13.6. The fraction of sp³-hybridized carbons (Fsp3) is 0.647. The molecule has 3 nitrogen and oxygen atoms in total. The van der Waals surface area contributed by atoms with Gasteiger partial charge in [-0.15, -0.1) is 0 Å². The largest absolute Gasteiger partial charge is 0.489 e. The number of anilines is 1. The van der Waals surface area contributed by atoms with Gasteiger partial charge in [0.05, 0.1) is 11.8 Å². The molecule has 0 aliphatic carbocycles. The maximum Gasteiger partial charge on any atom is 0.142 e. The molecule has 0 saturated carbocycles. The summed E-state index contributed by atoms with van der Waals surface area (Å²) in [5.74, 6) is 1.48. The number of nitrogens with two attached hydrogens (primary N) is 1. The minimum absolute atomic E-state index is 0.163. The maximum absolute atomic E-state index is 6.03. The van der Waals surface area contributed by atoms with Gasteiger partial charge in [-0.25, -0.2) is 0 Å². The van der Waals surface area contributed by atoms with Crippen LogP contribution in [0.15, 0.2) is 12.1 Å². The molecule has 0 amide bonds. The summed E-state index contributed by atoms with van der Waals surface area (Å²) in [4.78, 5) is 0. The molecule has 3 N–H and O–H groups in total. The van der Waals surface area contributed by atoms with E-state index in [1.807, 2.05) is 27.7 Å². The second-order valence-electron chi connectivity index (χ2n) is 5.44. The normalized spacial score (nSPS) is 15.7. The molecule has 1 saturated heterocycles. The average molecular weight is 278 g/mol. The van der Waals surface area contributed by atoms with Gasteiger partial charge in [0.1, 0.15) is 5.75 Å². The second kappa shape index (κ2) is 8.15. The highest BCUT2D eigenvalue weighted by molar-refractivity contribution is 5.57. The van der Waals surface area contributed by atoms with Crippen molar-refractivity contribution < 1.29 is 4.74 Å². The Kier molecular flexibility index (Phi) is 6.86. The smallest absolute Gasteiger partial charge is 0.142 e. The molecule has 1 heterocycles. The van der Waals surface area contributed by atoms with Crippen LogP contribution in [0, 0.1) is 6.92 Å². The standard InChI is InChI=1S/C15H24N2O.C2H6/c1-10(2)18-15-9-13(11(3)8-14(15)16)12-4-6-17-7-5-12;1-2/h8-10,12,17H,4-7,16H2,1-3H3;1-2H3. The number of nitrogens with one attached hydrogen (secondary N) is 1. The van der Waals surface area contributed by atoms with Crippen LogP contribution in [0.1, 0.15) is 57.6 Å². The predicted molar refractivity (Wildman–Crippen MR) is 87.5 cm³/mol. The molecule has 1 aliphatic heterocycles. The molecule has 2 rings (SSSR count). The van der Waals surface area contributed by atoms with E-state index in [0.29, 0.717) is 5.92 Å². The van der Waals surface area contributed by atoms with E-state index in [0.717, 1.165) is 24.5 Å². The SMILES string of the molecule is CC.Cc1cc(N)c(OC(C)C)cc1C1CCNCC1. The lowest BCUT2D eigenvalue weighted by Gasteiger charge is -2.25. The van der Waals surface area contributed by atoms with Crippen LogP contribution in [0.5, 0.6) is 5.75 Å². The zero-order chi connectivity index (χ0) is 15.1. The summed E-state index contributed by atoms with van der Waals surface area (Å²) < 4.78 is 5.79. The van der Waals surface area contributed by atoms with E-state index >= 15 is 0 Å². The summed E-state index contributed by atoms with van der Waals surface area (Å²) in [7, 11) is 0. The number of aryl methyl sites for hydroxylation is 1. The van der Waals surface area contributed by atoms with Crippen LogP contribution in [0.4, 0.5) is 5.69 Å². The fourth-order valence-corrected chi connectivity index (χ4v) is 2.65. The number of hydrogen-bond donors (Lipinski definition) is 2. The van der Waals surface area contributed by atoms with Crippen molar-refractivity contribution in [1.82, 2.24) is 5.32 Å². The van der Waals surface area contributed by atoms with Crippen molar-refractivity contribution in [2.75, 3.05) is 18.8 Å². The quantitative estimate of drug-likeness (QED) is 0.825. The van der Waals surface area contributed by atoms with Crippen molar-refractivity contribution in [3.8, 4) is 5.75 Å². The van der Waals surface area contributed by atoms with Crippen molar-refractivity contribution in [2.45, 2.75) is 59.5 Å². The summed E-state index contributed by atoms with van der Waals surface area (Å²) >= 11 is 0. The van der Waals surface area contributed by atoms with Gasteiger partial charge in [-0.1, -0.05) is 13.8 Å². The van der Waals surface area contributed by atoms with Crippen LogP contribution in [0.2, 0.25) is 0 Å². The van der Waals surface area contributed by atoms with Crippen molar-refractivity contribution in [2.24, 2.45) is 0 Å². The van der Waals surface area contributed by atoms with E-state index in [1.165, 1.54) is 24.0 Å². The molecule has 0 atom stereocenters. The fourth-order valence-electron chi connectivity index (χ4n) is 2.65. The lowest BCUT2D eigenvalue weighted by molar-refractivity contribution is 0.243. The summed E-state index contributed by atoms with van der Waals surface area (Å²) in [6, 6.07) is 4.20. The first-order valence-electron chi connectivity index (χ1n) is 7.85. The highest BCUT2D eigenvalue weighted by atomic mass is 16.5. The number of rotatable bonds is 3. The molecule has 0 bridgehead atoms. The summed E-state index contributed by atoms with van der Waals surface area (Å²) in [5.41, 5.74) is 9.47. The molecule has 1 aromatic carbocycles. The molecule has 1 aromatic rings. The van der Waals surface area contributed by atoms with Crippen LogP contribution in [0.25, 0.3) is 0 Å². The first kappa shape index (κ1) is 16.8. The Morgan fingerprint density at radius 3 is 2.35 bits per heavy atom. The molecular formula is C17H30N2O. The lowest BCUT2D eigenvalue weighted by atomic mass is 9.87. The summed E-state index contributed by atoms with van der Waals surface area (Å²) in [6.07, 6.45) is 2.56. The van der Waals surface area contributed by atoms with Gasteiger partial charge in [-0.05, 0) is 75.9 Å². The summed E-state index contributed by atoms with van der Waals surface area (Å²) in [5, 5.41) is 3.41. The molecule has 1 fully saturated rings. The van der Waals surface area contributed by atoms with Crippen molar-refractivity contribution in [3.05, 3.63) is 23.3 Å². The van der Waals surface area contributed by atoms with E-state index in [2.05, 4.69) is 24.4 Å². The first-order valence-corrected chi connectivity index (χ1v) is 7.85. The Balaban J connectivity index is 0.000000956. The summed E-state index contributed by atoms with van der Waals surface area (Å²) in [6.45, 7) is 12.4. The third-order valence-corrected chi connectivity index (χ3v) is 3.54. The van der Waals surface area contributed by atoms with Gasteiger partial charge in [-0.2, -0.15) is 0 Å². The van der Waals surface area contributed by atoms with Gasteiger partial charge in [0.15, 0.2) is 0 Å². The van der Waals surface area contributed by atoms with Crippen molar-refractivity contribution in [3.63, 3.8) is 0 Å². The third-order valence-electron chi connectivity index (χ3n) is 3.54. The minimum Gasteiger partial charge on any atom is -0.489 e. The minimum atomic E-state index is 0.163. The number of hydrogen-bond acceptors (Lipinski definition) is 3. The number of ether oxygens (including phenoxy) is 1. The molecule has 114 valence electrons. The average Bonchev–Trinajstić information content (AvgIpc) is 2.44. The monoisotopic (exact) mass is 278 g/mol. The van der Waals surface area contributed by atoms with E-state index in [1.54, 1.807) is 0 Å². The molecule has 3 heteroatoms. The van der Waals surface area contributed by atoms with Gasteiger partial charge < -0.3 is 15.8 Å². The Labute approximate surface area is 123 Å². The van der Waals surface area contributed by atoms with Crippen molar-refractivity contribution >= 4 is 5.69 Å². The van der Waals surface area contributed by atoms with Gasteiger partial charge in [-0.3, -0.25) is 0 Å². The molecule has 0 aromatic heterocycles. The lowest BCUT2D eigenvalue weighted by Crippen LogP contribution is -2.27. The Morgan fingerprint density at radius 2 is 1.80 bits per heavy atom. The van der Waals surface area contributed by atoms with Crippen LogP contribution >= 0.6 is 0 Å². The third kappa shape index (κ3) is 4.41.